The summed E-state index contributed by atoms with van der Waals surface area (Å²) in [6.07, 6.45) is 0.171. The molecule has 0 saturated carbocycles. The largest absolute Gasteiger partial charge is 0.479 e. The molecule has 0 aromatic heterocycles. The Morgan fingerprint density at radius 2 is 2.18 bits per heavy atom. The summed E-state index contributed by atoms with van der Waals surface area (Å²) in [5, 5.41) is 2.80. The summed E-state index contributed by atoms with van der Waals surface area (Å²) < 4.78 is 10.8. The number of carbonyl (C=O) groups is 2. The minimum Gasteiger partial charge on any atom is -0.479 e. The van der Waals surface area contributed by atoms with Crippen LogP contribution in [0.25, 0.3) is 0 Å². The quantitative estimate of drug-likeness (QED) is 0.772. The van der Waals surface area contributed by atoms with Crippen molar-refractivity contribution in [2.24, 2.45) is 0 Å². The minimum absolute atomic E-state index is 0.00180. The van der Waals surface area contributed by atoms with Gasteiger partial charge in [0.05, 0.1) is 5.69 Å². The van der Waals surface area contributed by atoms with Crippen molar-refractivity contribution in [1.29, 1.82) is 0 Å². The first-order chi connectivity index (χ1) is 10.6. The Hall–Kier alpha value is -2.08. The van der Waals surface area contributed by atoms with Gasteiger partial charge in [-0.2, -0.15) is 0 Å². The van der Waals surface area contributed by atoms with E-state index in [0.29, 0.717) is 31.2 Å². The molecule has 1 aliphatic rings. The number of nitrogens with zero attached hydrogens (tertiary/aromatic N) is 1. The van der Waals surface area contributed by atoms with E-state index in [-0.39, 0.29) is 18.4 Å². The van der Waals surface area contributed by atoms with Gasteiger partial charge >= 0.3 is 0 Å². The lowest BCUT2D eigenvalue weighted by Gasteiger charge is -2.32. The molecule has 1 atom stereocenters. The Morgan fingerprint density at radius 1 is 1.41 bits per heavy atom. The van der Waals surface area contributed by atoms with Crippen molar-refractivity contribution < 1.29 is 19.1 Å². The monoisotopic (exact) mass is 306 g/mol. The lowest BCUT2D eigenvalue weighted by Crippen LogP contribution is -2.48. The maximum atomic E-state index is 12.2. The lowest BCUT2D eigenvalue weighted by molar-refractivity contribution is -0.128. The fourth-order valence-electron chi connectivity index (χ4n) is 2.27. The summed E-state index contributed by atoms with van der Waals surface area (Å²) in [5.74, 6) is 0.232. The Kier molecular flexibility index (Phi) is 5.77. The van der Waals surface area contributed by atoms with E-state index >= 15 is 0 Å². The first kappa shape index (κ1) is 16.3. The fourth-order valence-corrected chi connectivity index (χ4v) is 2.27. The first-order valence-corrected chi connectivity index (χ1v) is 7.55. The zero-order chi connectivity index (χ0) is 15.9. The first-order valence-electron chi connectivity index (χ1n) is 7.55. The van der Waals surface area contributed by atoms with Gasteiger partial charge in [0, 0.05) is 19.8 Å². The second kappa shape index (κ2) is 7.79. The number of anilines is 1. The van der Waals surface area contributed by atoms with E-state index in [1.54, 1.807) is 19.1 Å². The molecule has 6 nitrogen and oxygen atoms in total. The Labute approximate surface area is 130 Å². The number of hydrogen-bond acceptors (Lipinski definition) is 4. The standard InChI is InChI=1S/C16H22N2O4/c1-3-21-10-6-9-17-15(19)11-18-13-7-4-5-8-14(13)22-12(2)16(18)20/h4-5,7-8,12H,3,6,9-11H2,1-2H3,(H,17,19)/t12-/m0/s1. The highest BCUT2D eigenvalue weighted by Crippen LogP contribution is 2.33. The molecule has 0 saturated heterocycles. The molecule has 1 heterocycles. The maximum Gasteiger partial charge on any atom is 0.268 e. The highest BCUT2D eigenvalue weighted by Gasteiger charge is 2.32. The van der Waals surface area contributed by atoms with E-state index in [2.05, 4.69) is 5.32 Å². The summed E-state index contributed by atoms with van der Waals surface area (Å²) in [7, 11) is 0. The van der Waals surface area contributed by atoms with Gasteiger partial charge in [-0.1, -0.05) is 12.1 Å². The van der Waals surface area contributed by atoms with Gasteiger partial charge in [-0.25, -0.2) is 0 Å². The van der Waals surface area contributed by atoms with Crippen LogP contribution in [0.3, 0.4) is 0 Å². The molecule has 22 heavy (non-hydrogen) atoms. The van der Waals surface area contributed by atoms with Crippen molar-refractivity contribution >= 4 is 17.5 Å². The van der Waals surface area contributed by atoms with Crippen molar-refractivity contribution in [3.63, 3.8) is 0 Å². The van der Waals surface area contributed by atoms with E-state index in [1.165, 1.54) is 4.90 Å². The molecule has 0 spiro atoms. The smallest absolute Gasteiger partial charge is 0.268 e. The predicted octanol–water partition coefficient (Wildman–Crippen LogP) is 1.34. The molecule has 0 radical (unpaired) electrons. The SMILES string of the molecule is CCOCCCNC(=O)CN1C(=O)[C@H](C)Oc2ccccc21. The molecule has 1 aromatic carbocycles. The van der Waals surface area contributed by atoms with Crippen LogP contribution in [0.15, 0.2) is 24.3 Å². The van der Waals surface area contributed by atoms with Crippen LogP contribution in [0.5, 0.6) is 5.75 Å². The molecule has 6 heteroatoms. The molecule has 0 aliphatic carbocycles. The normalized spacial score (nSPS) is 16.9. The molecule has 120 valence electrons. The Morgan fingerprint density at radius 3 is 2.95 bits per heavy atom. The Bertz CT molecular complexity index is 533. The molecular formula is C16H22N2O4. The van der Waals surface area contributed by atoms with Crippen LogP contribution in [0, 0.1) is 0 Å². The summed E-state index contributed by atoms with van der Waals surface area (Å²) in [4.78, 5) is 25.7. The van der Waals surface area contributed by atoms with Gasteiger partial charge in [0.25, 0.3) is 5.91 Å². The van der Waals surface area contributed by atoms with Crippen LogP contribution >= 0.6 is 0 Å². The average molecular weight is 306 g/mol. The molecule has 1 aliphatic heterocycles. The van der Waals surface area contributed by atoms with Crippen LogP contribution in [0.4, 0.5) is 5.69 Å². The van der Waals surface area contributed by atoms with E-state index in [4.69, 9.17) is 9.47 Å². The van der Waals surface area contributed by atoms with Crippen molar-refractivity contribution in [2.45, 2.75) is 26.4 Å². The van der Waals surface area contributed by atoms with E-state index in [0.717, 1.165) is 6.42 Å². The van der Waals surface area contributed by atoms with Crippen molar-refractivity contribution in [3.8, 4) is 5.75 Å². The van der Waals surface area contributed by atoms with Crippen LogP contribution in [-0.4, -0.2) is 44.2 Å². The third kappa shape index (κ3) is 3.98. The number of hydrogen-bond donors (Lipinski definition) is 1. The summed E-state index contributed by atoms with van der Waals surface area (Å²) in [6.45, 7) is 5.44. The van der Waals surface area contributed by atoms with Crippen LogP contribution in [0.2, 0.25) is 0 Å². The number of carbonyl (C=O) groups excluding carboxylic acids is 2. The molecule has 1 aromatic rings. The Balaban J connectivity index is 1.93. The zero-order valence-electron chi connectivity index (χ0n) is 13.0. The molecule has 1 N–H and O–H groups in total. The second-order valence-corrected chi connectivity index (χ2v) is 5.05. The molecule has 2 rings (SSSR count). The van der Waals surface area contributed by atoms with Gasteiger partial charge in [0.2, 0.25) is 5.91 Å². The number of amides is 2. The fraction of sp³-hybridized carbons (Fsp3) is 0.500. The van der Waals surface area contributed by atoms with Gasteiger partial charge in [-0.05, 0) is 32.4 Å². The van der Waals surface area contributed by atoms with Gasteiger partial charge in [0.1, 0.15) is 12.3 Å². The third-order valence-electron chi connectivity index (χ3n) is 3.37. The molecule has 0 unspecified atom stereocenters. The molecule has 0 fully saturated rings. The van der Waals surface area contributed by atoms with Gasteiger partial charge in [0.15, 0.2) is 6.10 Å². The number of nitrogens with one attached hydrogen (secondary N) is 1. The van der Waals surface area contributed by atoms with Gasteiger partial charge in [-0.3, -0.25) is 14.5 Å². The number of fused-ring (bicyclic) bond motifs is 1. The highest BCUT2D eigenvalue weighted by atomic mass is 16.5. The number of ether oxygens (including phenoxy) is 2. The average Bonchev–Trinajstić information content (AvgIpc) is 2.51. The van der Waals surface area contributed by atoms with Crippen molar-refractivity contribution in [1.82, 2.24) is 5.32 Å². The topological polar surface area (TPSA) is 67.9 Å². The third-order valence-corrected chi connectivity index (χ3v) is 3.37. The minimum atomic E-state index is -0.583. The highest BCUT2D eigenvalue weighted by molar-refractivity contribution is 6.03. The summed E-state index contributed by atoms with van der Waals surface area (Å²) in [6, 6.07) is 7.23. The second-order valence-electron chi connectivity index (χ2n) is 5.05. The van der Waals surface area contributed by atoms with Crippen LogP contribution in [-0.2, 0) is 14.3 Å². The van der Waals surface area contributed by atoms with Crippen LogP contribution < -0.4 is 15.0 Å². The van der Waals surface area contributed by atoms with E-state index in [9.17, 15) is 9.59 Å². The molecular weight excluding hydrogens is 284 g/mol. The van der Waals surface area contributed by atoms with Gasteiger partial charge in [-0.15, -0.1) is 0 Å². The van der Waals surface area contributed by atoms with E-state index < -0.39 is 6.10 Å². The van der Waals surface area contributed by atoms with Gasteiger partial charge < -0.3 is 14.8 Å². The lowest BCUT2D eigenvalue weighted by atomic mass is 10.2. The number of benzene rings is 1. The molecule has 0 bridgehead atoms. The van der Waals surface area contributed by atoms with Crippen LogP contribution in [0.1, 0.15) is 20.3 Å². The van der Waals surface area contributed by atoms with E-state index in [1.807, 2.05) is 19.1 Å². The van der Waals surface area contributed by atoms with Crippen molar-refractivity contribution in [2.75, 3.05) is 31.2 Å². The summed E-state index contributed by atoms with van der Waals surface area (Å²) in [5.41, 5.74) is 0.634. The summed E-state index contributed by atoms with van der Waals surface area (Å²) >= 11 is 0. The maximum absolute atomic E-state index is 12.2. The van der Waals surface area contributed by atoms with Crippen molar-refractivity contribution in [3.05, 3.63) is 24.3 Å². The number of rotatable bonds is 7. The predicted molar refractivity (Wildman–Crippen MR) is 83.0 cm³/mol. The zero-order valence-corrected chi connectivity index (χ0v) is 13.0. The molecule has 2 amide bonds. The number of para-hydroxylation sites is 2.